The summed E-state index contributed by atoms with van der Waals surface area (Å²) in [6.07, 6.45) is 84.8. The second-order valence-electron chi connectivity index (χ2n) is 21.3. The van der Waals surface area contributed by atoms with Gasteiger partial charge in [0, 0.05) is 19.4 Å². The van der Waals surface area contributed by atoms with Gasteiger partial charge in [0.15, 0.2) is 6.10 Å². The monoisotopic (exact) mass is 1110 g/mol. The van der Waals surface area contributed by atoms with Crippen molar-refractivity contribution in [2.75, 3.05) is 26.4 Å². The molecule has 0 aliphatic carbocycles. The second-order valence-corrected chi connectivity index (χ2v) is 22.7. The van der Waals surface area contributed by atoms with Crippen LogP contribution in [0.25, 0.3) is 0 Å². The fraction of sp³-hybridized carbons (Fsp3) is 0.735. The molecule has 0 rings (SSSR count). The van der Waals surface area contributed by atoms with Crippen LogP contribution in [0.2, 0.25) is 0 Å². The van der Waals surface area contributed by atoms with Crippen LogP contribution in [0.15, 0.2) is 97.2 Å². The lowest BCUT2D eigenvalue weighted by Gasteiger charge is -2.19. The van der Waals surface area contributed by atoms with E-state index in [2.05, 4.69) is 111 Å². The highest BCUT2D eigenvalue weighted by Crippen LogP contribution is 2.43. The van der Waals surface area contributed by atoms with Crippen molar-refractivity contribution >= 4 is 19.8 Å². The van der Waals surface area contributed by atoms with Crippen molar-refractivity contribution in [2.24, 2.45) is 5.73 Å². The van der Waals surface area contributed by atoms with Gasteiger partial charge >= 0.3 is 19.8 Å². The second kappa shape index (κ2) is 63.1. The summed E-state index contributed by atoms with van der Waals surface area (Å²) in [4.78, 5) is 35.3. The van der Waals surface area contributed by atoms with Crippen LogP contribution in [0.3, 0.4) is 0 Å². The van der Waals surface area contributed by atoms with Gasteiger partial charge in [-0.3, -0.25) is 18.6 Å². The Labute approximate surface area is 480 Å². The maximum atomic E-state index is 12.7. The fourth-order valence-corrected chi connectivity index (χ4v) is 9.77. The normalized spacial score (nSPS) is 13.6. The van der Waals surface area contributed by atoms with E-state index in [1.165, 1.54) is 167 Å². The summed E-state index contributed by atoms with van der Waals surface area (Å²) in [7, 11) is -4.39. The minimum atomic E-state index is -4.39. The fourth-order valence-electron chi connectivity index (χ4n) is 9.01. The van der Waals surface area contributed by atoms with E-state index in [0.717, 1.165) is 89.9 Å². The Morgan fingerprint density at radius 1 is 0.397 bits per heavy atom. The van der Waals surface area contributed by atoms with Crippen molar-refractivity contribution in [1.29, 1.82) is 0 Å². The third-order valence-electron chi connectivity index (χ3n) is 13.7. The average Bonchev–Trinajstić information content (AvgIpc) is 3.43. The van der Waals surface area contributed by atoms with Gasteiger partial charge in [0.25, 0.3) is 0 Å². The Morgan fingerprint density at radius 2 is 0.705 bits per heavy atom. The standard InChI is InChI=1S/C68H120NO8P/c1-3-5-7-9-11-13-15-17-19-21-23-25-26-27-28-29-30-31-32-33-34-35-36-37-38-39-40-41-43-45-47-49-51-53-55-57-59-61-68(71)77-66(65-76-78(72,73)75-63-62-69)64-74-67(70)60-58-56-54-52-50-48-46-44-42-24-22-20-18-16-14-12-10-8-6-4-2/h5,7,11,13,17,19,23,25,27-28,30-31,33-34,36-37,66H,3-4,6,8-10,12,14-16,18,20-22,24,26,29,32,35,38-65,69H2,1-2H3,(H,72,73)/b7-5-,13-11-,19-17-,25-23-,28-27-,31-30-,34-33-,37-36-. The lowest BCUT2D eigenvalue weighted by molar-refractivity contribution is -0.161. The van der Waals surface area contributed by atoms with Gasteiger partial charge in [0.1, 0.15) is 6.61 Å². The third kappa shape index (κ3) is 62.1. The minimum Gasteiger partial charge on any atom is -0.462 e. The number of phosphoric ester groups is 1. The van der Waals surface area contributed by atoms with Gasteiger partial charge in [0.05, 0.1) is 13.2 Å². The molecule has 0 bridgehead atoms. The van der Waals surface area contributed by atoms with Crippen molar-refractivity contribution < 1.29 is 37.6 Å². The minimum absolute atomic E-state index is 0.0514. The summed E-state index contributed by atoms with van der Waals surface area (Å²) in [6, 6.07) is 0. The van der Waals surface area contributed by atoms with E-state index in [4.69, 9.17) is 24.3 Å². The molecular formula is C68H120NO8P. The summed E-state index contributed by atoms with van der Waals surface area (Å²) >= 11 is 0. The Kier molecular flexibility index (Phi) is 60.6. The van der Waals surface area contributed by atoms with Crippen molar-refractivity contribution in [3.63, 3.8) is 0 Å². The van der Waals surface area contributed by atoms with Gasteiger partial charge in [-0.05, 0) is 77.0 Å². The van der Waals surface area contributed by atoms with Gasteiger partial charge in [-0.1, -0.05) is 297 Å². The average molecular weight is 1110 g/mol. The highest BCUT2D eigenvalue weighted by Gasteiger charge is 2.26. The molecule has 0 heterocycles. The topological polar surface area (TPSA) is 134 Å². The number of allylic oxidation sites excluding steroid dienone is 16. The Balaban J connectivity index is 3.92. The number of hydrogen-bond donors (Lipinski definition) is 2. The highest BCUT2D eigenvalue weighted by atomic mass is 31.2. The van der Waals surface area contributed by atoms with E-state index in [1.807, 2.05) is 0 Å². The summed E-state index contributed by atoms with van der Waals surface area (Å²) in [5, 5.41) is 0. The number of carbonyl (C=O) groups excluding carboxylic acids is 2. The first-order valence-corrected chi connectivity index (χ1v) is 33.7. The van der Waals surface area contributed by atoms with Crippen LogP contribution in [0.5, 0.6) is 0 Å². The summed E-state index contributed by atoms with van der Waals surface area (Å²) in [5.74, 6) is -0.821. The molecule has 78 heavy (non-hydrogen) atoms. The first-order valence-electron chi connectivity index (χ1n) is 32.2. The van der Waals surface area contributed by atoms with Crippen molar-refractivity contribution in [3.8, 4) is 0 Å². The molecule has 3 N–H and O–H groups in total. The molecule has 450 valence electrons. The van der Waals surface area contributed by atoms with Gasteiger partial charge in [0.2, 0.25) is 0 Å². The molecule has 2 atom stereocenters. The molecule has 10 heteroatoms. The maximum Gasteiger partial charge on any atom is 0.472 e. The molecule has 0 aromatic carbocycles. The number of nitrogens with two attached hydrogens (primary N) is 1. The molecule has 0 spiro atoms. The zero-order valence-electron chi connectivity index (χ0n) is 50.4. The molecule has 0 aromatic rings. The zero-order chi connectivity index (χ0) is 56.6. The van der Waals surface area contributed by atoms with Crippen molar-refractivity contribution in [3.05, 3.63) is 97.2 Å². The number of unbranched alkanes of at least 4 members (excludes halogenated alkanes) is 31. The van der Waals surface area contributed by atoms with Crippen LogP contribution in [-0.4, -0.2) is 49.3 Å². The van der Waals surface area contributed by atoms with E-state index in [0.29, 0.717) is 6.42 Å². The lowest BCUT2D eigenvalue weighted by Crippen LogP contribution is -2.29. The van der Waals surface area contributed by atoms with Gasteiger partial charge in [-0.25, -0.2) is 4.57 Å². The molecule has 0 saturated carbocycles. The predicted octanol–water partition coefficient (Wildman–Crippen LogP) is 20.8. The number of carbonyl (C=O) groups is 2. The quantitative estimate of drug-likeness (QED) is 0.0264. The molecule has 9 nitrogen and oxygen atoms in total. The first kappa shape index (κ1) is 74.9. The molecular weight excluding hydrogens is 990 g/mol. The molecule has 0 radical (unpaired) electrons. The van der Waals surface area contributed by atoms with Crippen molar-refractivity contribution in [2.45, 2.75) is 296 Å². The van der Waals surface area contributed by atoms with E-state index >= 15 is 0 Å². The van der Waals surface area contributed by atoms with Crippen LogP contribution in [0.1, 0.15) is 290 Å². The van der Waals surface area contributed by atoms with Crippen molar-refractivity contribution in [1.82, 2.24) is 0 Å². The zero-order valence-corrected chi connectivity index (χ0v) is 51.3. The molecule has 0 saturated heterocycles. The van der Waals surface area contributed by atoms with E-state index in [-0.39, 0.29) is 38.6 Å². The van der Waals surface area contributed by atoms with Gasteiger partial charge in [-0.15, -0.1) is 0 Å². The number of phosphoric acid groups is 1. The molecule has 0 aliphatic rings. The Hall–Kier alpha value is -3.07. The van der Waals surface area contributed by atoms with Crippen LogP contribution in [0.4, 0.5) is 0 Å². The summed E-state index contributed by atoms with van der Waals surface area (Å²) in [6.45, 7) is 3.66. The van der Waals surface area contributed by atoms with Crippen LogP contribution >= 0.6 is 7.82 Å². The SMILES string of the molecule is CC/C=C\C/C=C\C/C=C\C/C=C\C/C=C\C/C=C\C/C=C\C/C=C\CCCCCCCCCCCCCCC(=O)OC(COC(=O)CCCCCCCCCCCCCCCCCCCCCC)COP(=O)(O)OCCN. The maximum absolute atomic E-state index is 12.7. The van der Waals surface area contributed by atoms with Crippen LogP contribution < -0.4 is 5.73 Å². The van der Waals surface area contributed by atoms with Gasteiger partial charge in [-0.2, -0.15) is 0 Å². The molecule has 0 amide bonds. The van der Waals surface area contributed by atoms with Crippen LogP contribution in [0, 0.1) is 0 Å². The van der Waals surface area contributed by atoms with E-state index in [1.54, 1.807) is 0 Å². The molecule has 0 aromatic heterocycles. The molecule has 0 fully saturated rings. The van der Waals surface area contributed by atoms with E-state index in [9.17, 15) is 19.0 Å². The molecule has 2 unspecified atom stereocenters. The van der Waals surface area contributed by atoms with Crippen LogP contribution in [-0.2, 0) is 32.7 Å². The third-order valence-corrected chi connectivity index (χ3v) is 14.7. The highest BCUT2D eigenvalue weighted by molar-refractivity contribution is 7.47. The number of ether oxygens (including phenoxy) is 2. The largest absolute Gasteiger partial charge is 0.472 e. The van der Waals surface area contributed by atoms with Gasteiger partial charge < -0.3 is 20.1 Å². The number of hydrogen-bond acceptors (Lipinski definition) is 8. The Bertz CT molecular complexity index is 1600. The number of esters is 2. The smallest absolute Gasteiger partial charge is 0.462 e. The Morgan fingerprint density at radius 3 is 1.05 bits per heavy atom. The lowest BCUT2D eigenvalue weighted by atomic mass is 10.0. The first-order chi connectivity index (χ1) is 38.3. The number of rotatable bonds is 60. The summed E-state index contributed by atoms with van der Waals surface area (Å²) in [5.41, 5.74) is 5.39. The molecule has 0 aliphatic heterocycles. The van der Waals surface area contributed by atoms with E-state index < -0.39 is 26.5 Å². The summed E-state index contributed by atoms with van der Waals surface area (Å²) < 4.78 is 33.1. The predicted molar refractivity (Wildman–Crippen MR) is 335 cm³/mol.